The van der Waals surface area contributed by atoms with E-state index in [1.165, 1.54) is 5.56 Å². The maximum Gasteiger partial charge on any atom is 0.0991 e. The normalized spacial score (nSPS) is 17.6. The molecular weight excluding hydrogens is 172 g/mol. The number of benzene rings is 1. The number of rotatable bonds is 1. The molecule has 2 N–H and O–H groups in total. The molecule has 0 aromatic heterocycles. The first-order chi connectivity index (χ1) is 6.57. The summed E-state index contributed by atoms with van der Waals surface area (Å²) in [7, 11) is 0. The highest BCUT2D eigenvalue weighted by molar-refractivity contribution is 5.47. The van der Waals surface area contributed by atoms with Crippen LogP contribution in [0, 0.1) is 25.2 Å². The van der Waals surface area contributed by atoms with Crippen LogP contribution >= 0.6 is 0 Å². The Kier molecular flexibility index (Phi) is 1.87. The van der Waals surface area contributed by atoms with Crippen molar-refractivity contribution in [3.8, 4) is 6.07 Å². The van der Waals surface area contributed by atoms with Crippen molar-refractivity contribution in [1.82, 2.24) is 0 Å². The molecule has 0 spiro atoms. The molecule has 0 radical (unpaired) electrons. The minimum absolute atomic E-state index is 0.137. The van der Waals surface area contributed by atoms with Gasteiger partial charge in [-0.1, -0.05) is 0 Å². The Morgan fingerprint density at radius 1 is 1.36 bits per heavy atom. The van der Waals surface area contributed by atoms with Gasteiger partial charge in [0, 0.05) is 5.54 Å². The van der Waals surface area contributed by atoms with Crippen LogP contribution in [0.2, 0.25) is 0 Å². The van der Waals surface area contributed by atoms with Gasteiger partial charge in [-0.25, -0.2) is 0 Å². The molecule has 2 rings (SSSR count). The molecule has 1 aliphatic rings. The molecule has 1 fully saturated rings. The third-order valence-corrected chi connectivity index (χ3v) is 3.12. The van der Waals surface area contributed by atoms with Gasteiger partial charge in [0.15, 0.2) is 0 Å². The Labute approximate surface area is 84.3 Å². The van der Waals surface area contributed by atoms with Gasteiger partial charge in [0.1, 0.15) is 0 Å². The summed E-state index contributed by atoms with van der Waals surface area (Å²) in [6.07, 6.45) is 2.09. The molecule has 0 unspecified atom stereocenters. The van der Waals surface area contributed by atoms with Gasteiger partial charge in [-0.05, 0) is 55.5 Å². The molecule has 1 aliphatic carbocycles. The summed E-state index contributed by atoms with van der Waals surface area (Å²) in [6, 6.07) is 6.04. The quantitative estimate of drug-likeness (QED) is 0.730. The van der Waals surface area contributed by atoms with Gasteiger partial charge in [-0.15, -0.1) is 0 Å². The zero-order valence-corrected chi connectivity index (χ0v) is 8.59. The minimum atomic E-state index is -0.137. The molecule has 0 heterocycles. The first kappa shape index (κ1) is 9.23. The van der Waals surface area contributed by atoms with Gasteiger partial charge in [-0.2, -0.15) is 5.26 Å². The molecule has 0 aliphatic heterocycles. The summed E-state index contributed by atoms with van der Waals surface area (Å²) in [5.41, 5.74) is 10.3. The third-order valence-electron chi connectivity index (χ3n) is 3.12. The zero-order valence-electron chi connectivity index (χ0n) is 8.59. The maximum atomic E-state index is 8.87. The lowest BCUT2D eigenvalue weighted by Crippen LogP contribution is -2.20. The summed E-state index contributed by atoms with van der Waals surface area (Å²) in [4.78, 5) is 0. The number of nitrogens with two attached hydrogens (primary N) is 1. The highest BCUT2D eigenvalue weighted by Gasteiger charge is 2.41. The van der Waals surface area contributed by atoms with Crippen molar-refractivity contribution >= 4 is 0 Å². The van der Waals surface area contributed by atoms with E-state index in [0.29, 0.717) is 0 Å². The SMILES string of the molecule is Cc1cc(C#N)cc(C2(N)CC2)c1C. The van der Waals surface area contributed by atoms with Gasteiger partial charge in [-0.3, -0.25) is 0 Å². The third kappa shape index (κ3) is 1.30. The lowest BCUT2D eigenvalue weighted by Gasteiger charge is -2.15. The largest absolute Gasteiger partial charge is 0.321 e. The molecule has 2 heteroatoms. The van der Waals surface area contributed by atoms with E-state index in [9.17, 15) is 0 Å². The van der Waals surface area contributed by atoms with Crippen molar-refractivity contribution in [2.24, 2.45) is 5.73 Å². The second kappa shape index (κ2) is 2.83. The van der Waals surface area contributed by atoms with Gasteiger partial charge in [0.2, 0.25) is 0 Å². The smallest absolute Gasteiger partial charge is 0.0991 e. The molecule has 0 bridgehead atoms. The van der Waals surface area contributed by atoms with Crippen LogP contribution in [0.15, 0.2) is 12.1 Å². The van der Waals surface area contributed by atoms with Crippen molar-refractivity contribution in [2.45, 2.75) is 32.2 Å². The fourth-order valence-electron chi connectivity index (χ4n) is 1.85. The lowest BCUT2D eigenvalue weighted by molar-refractivity contribution is 0.731. The van der Waals surface area contributed by atoms with Crippen molar-refractivity contribution in [2.75, 3.05) is 0 Å². The molecule has 72 valence electrons. The number of hydrogen-bond donors (Lipinski definition) is 1. The summed E-state index contributed by atoms with van der Waals surface area (Å²) in [5, 5.41) is 8.87. The Bertz CT molecular complexity index is 423. The Balaban J connectivity index is 2.59. The minimum Gasteiger partial charge on any atom is -0.321 e. The van der Waals surface area contributed by atoms with Crippen LogP contribution in [0.3, 0.4) is 0 Å². The maximum absolute atomic E-state index is 8.87. The van der Waals surface area contributed by atoms with Crippen molar-refractivity contribution < 1.29 is 0 Å². The lowest BCUT2D eigenvalue weighted by atomic mass is 9.94. The zero-order chi connectivity index (χ0) is 10.3. The topological polar surface area (TPSA) is 49.8 Å². The van der Waals surface area contributed by atoms with Crippen LogP contribution in [0.1, 0.15) is 35.1 Å². The number of hydrogen-bond acceptors (Lipinski definition) is 2. The van der Waals surface area contributed by atoms with Crippen molar-refractivity contribution in [3.63, 3.8) is 0 Å². The Hall–Kier alpha value is -1.33. The van der Waals surface area contributed by atoms with E-state index in [2.05, 4.69) is 13.0 Å². The molecule has 0 amide bonds. The van der Waals surface area contributed by atoms with E-state index in [1.54, 1.807) is 0 Å². The number of nitriles is 1. The molecule has 1 aromatic rings. The van der Waals surface area contributed by atoms with Crippen LogP contribution in [-0.4, -0.2) is 0 Å². The highest BCUT2D eigenvalue weighted by atomic mass is 14.8. The summed E-state index contributed by atoms with van der Waals surface area (Å²) >= 11 is 0. The predicted molar refractivity (Wildman–Crippen MR) is 55.7 cm³/mol. The first-order valence-corrected chi connectivity index (χ1v) is 4.87. The fourth-order valence-corrected chi connectivity index (χ4v) is 1.85. The number of aryl methyl sites for hydroxylation is 1. The predicted octanol–water partition coefficient (Wildman–Crippen LogP) is 2.12. The van der Waals surface area contributed by atoms with E-state index in [1.807, 2.05) is 19.1 Å². The second-order valence-corrected chi connectivity index (χ2v) is 4.23. The summed E-state index contributed by atoms with van der Waals surface area (Å²) in [6.45, 7) is 4.12. The van der Waals surface area contributed by atoms with Crippen molar-refractivity contribution in [3.05, 3.63) is 34.4 Å². The Morgan fingerprint density at radius 3 is 2.50 bits per heavy atom. The molecule has 2 nitrogen and oxygen atoms in total. The van der Waals surface area contributed by atoms with E-state index < -0.39 is 0 Å². The van der Waals surface area contributed by atoms with Gasteiger partial charge < -0.3 is 5.73 Å². The van der Waals surface area contributed by atoms with Crippen LogP contribution < -0.4 is 5.73 Å². The summed E-state index contributed by atoms with van der Waals surface area (Å²) in [5.74, 6) is 0. The first-order valence-electron chi connectivity index (χ1n) is 4.87. The summed E-state index contributed by atoms with van der Waals surface area (Å²) < 4.78 is 0. The van der Waals surface area contributed by atoms with Crippen molar-refractivity contribution in [1.29, 1.82) is 5.26 Å². The van der Waals surface area contributed by atoms with E-state index in [-0.39, 0.29) is 5.54 Å². The average Bonchev–Trinajstić information content (AvgIpc) is 2.89. The second-order valence-electron chi connectivity index (χ2n) is 4.23. The Morgan fingerprint density at radius 2 is 2.00 bits per heavy atom. The monoisotopic (exact) mass is 186 g/mol. The van der Waals surface area contributed by atoms with Crippen LogP contribution in [-0.2, 0) is 5.54 Å². The van der Waals surface area contributed by atoms with Crippen LogP contribution in [0.25, 0.3) is 0 Å². The molecule has 0 atom stereocenters. The van der Waals surface area contributed by atoms with E-state index in [0.717, 1.165) is 29.5 Å². The molecular formula is C12H14N2. The standard InChI is InChI=1S/C12H14N2/c1-8-5-10(7-13)6-11(9(8)2)12(14)3-4-12/h5-6H,3-4,14H2,1-2H3. The average molecular weight is 186 g/mol. The fraction of sp³-hybridized carbons (Fsp3) is 0.417. The molecule has 14 heavy (non-hydrogen) atoms. The van der Waals surface area contributed by atoms with Gasteiger partial charge in [0.25, 0.3) is 0 Å². The molecule has 1 saturated carbocycles. The van der Waals surface area contributed by atoms with Gasteiger partial charge in [0.05, 0.1) is 11.6 Å². The molecule has 0 saturated heterocycles. The molecule has 1 aromatic carbocycles. The van der Waals surface area contributed by atoms with Gasteiger partial charge >= 0.3 is 0 Å². The highest BCUT2D eigenvalue weighted by Crippen LogP contribution is 2.44. The van der Waals surface area contributed by atoms with Crippen LogP contribution in [0.4, 0.5) is 0 Å². The van der Waals surface area contributed by atoms with E-state index >= 15 is 0 Å². The number of nitrogens with zero attached hydrogens (tertiary/aromatic N) is 1. The van der Waals surface area contributed by atoms with E-state index in [4.69, 9.17) is 11.0 Å². The van der Waals surface area contributed by atoms with Crippen LogP contribution in [0.5, 0.6) is 0 Å².